The Morgan fingerprint density at radius 2 is 1.67 bits per heavy atom. The highest BCUT2D eigenvalue weighted by atomic mass is 32.2. The summed E-state index contributed by atoms with van der Waals surface area (Å²) in [5.41, 5.74) is 1.06. The first kappa shape index (κ1) is 28.0. The van der Waals surface area contributed by atoms with Crippen LogP contribution in [-0.4, -0.2) is 86.4 Å². The molecule has 5 atom stereocenters. The first-order valence-corrected chi connectivity index (χ1v) is 15.4. The van der Waals surface area contributed by atoms with Crippen LogP contribution in [0.5, 0.6) is 0 Å². The van der Waals surface area contributed by atoms with Crippen LogP contribution in [0, 0.1) is 11.8 Å². The number of nitrogens with zero attached hydrogens (tertiary/aromatic N) is 3. The van der Waals surface area contributed by atoms with E-state index in [0.29, 0.717) is 39.1 Å². The van der Waals surface area contributed by atoms with Gasteiger partial charge in [0.25, 0.3) is 0 Å². The van der Waals surface area contributed by atoms with Gasteiger partial charge in [-0.2, -0.15) is 0 Å². The number of hydrogen-bond acceptors (Lipinski definition) is 5. The number of unbranched alkanes of at least 4 members (excludes halogenated alkanes) is 4. The van der Waals surface area contributed by atoms with E-state index in [1.54, 1.807) is 16.7 Å². The van der Waals surface area contributed by atoms with Crippen LogP contribution in [0.3, 0.4) is 0 Å². The van der Waals surface area contributed by atoms with E-state index in [9.17, 15) is 19.5 Å². The van der Waals surface area contributed by atoms with Gasteiger partial charge in [0, 0.05) is 44.6 Å². The minimum absolute atomic E-state index is 0.00218. The fraction of sp³-hybridized carbons (Fsp3) is 0.581. The number of thioether (sulfide) groups is 1. The van der Waals surface area contributed by atoms with Crippen LogP contribution >= 0.6 is 11.8 Å². The van der Waals surface area contributed by atoms with Crippen LogP contribution in [0.1, 0.15) is 51.0 Å². The SMILES string of the molecule is CCCCCN1CC=C[C@]23S[C@@H]4C=CCN(Cc5ccccc5)C(=O)[C@@H]4[C@H]2C(=O)N(CCCCCO)C3C1=O. The van der Waals surface area contributed by atoms with Gasteiger partial charge in [0.2, 0.25) is 17.7 Å². The van der Waals surface area contributed by atoms with E-state index >= 15 is 0 Å². The molecule has 2 saturated heterocycles. The third-order valence-corrected chi connectivity index (χ3v) is 10.4. The summed E-state index contributed by atoms with van der Waals surface area (Å²) in [5.74, 6) is -1.13. The number of amides is 3. The molecule has 0 saturated carbocycles. The van der Waals surface area contributed by atoms with Crippen LogP contribution in [0.4, 0.5) is 0 Å². The normalized spacial score (nSPS) is 29.9. The van der Waals surface area contributed by atoms with Gasteiger partial charge in [-0.25, -0.2) is 0 Å². The second-order valence-corrected chi connectivity index (χ2v) is 12.7. The molecule has 7 nitrogen and oxygen atoms in total. The van der Waals surface area contributed by atoms with Crippen molar-refractivity contribution in [3.63, 3.8) is 0 Å². The van der Waals surface area contributed by atoms with Gasteiger partial charge < -0.3 is 19.8 Å². The lowest BCUT2D eigenvalue weighted by Crippen LogP contribution is -2.53. The standard InChI is InChI=1S/C31H41N3O4S/c1-2-3-8-17-32-19-12-16-31-26(29(37)34(27(31)30(32)38)20-9-5-10-21-35)25-24(39-31)15-11-18-33(28(25)36)22-23-13-6-4-7-14-23/h4,6-7,11-16,24-27,35H,2-3,5,8-10,17-22H2,1H3/t24-,25+,26+,27?,31+/m1/s1. The lowest BCUT2D eigenvalue weighted by atomic mass is 9.78. The van der Waals surface area contributed by atoms with Gasteiger partial charge in [0.1, 0.15) is 6.04 Å². The van der Waals surface area contributed by atoms with Crippen molar-refractivity contribution in [1.29, 1.82) is 0 Å². The maximum Gasteiger partial charge on any atom is 0.247 e. The molecular weight excluding hydrogens is 510 g/mol. The lowest BCUT2D eigenvalue weighted by Gasteiger charge is -2.35. The van der Waals surface area contributed by atoms with Crippen molar-refractivity contribution in [3.8, 4) is 0 Å². The maximum atomic E-state index is 14.3. The average molecular weight is 552 g/mol. The molecule has 0 radical (unpaired) electrons. The minimum atomic E-state index is -0.754. The molecule has 1 unspecified atom stereocenters. The van der Waals surface area contributed by atoms with Gasteiger partial charge >= 0.3 is 0 Å². The Kier molecular flexibility index (Phi) is 8.82. The fourth-order valence-electron chi connectivity index (χ4n) is 6.75. The van der Waals surface area contributed by atoms with Crippen LogP contribution in [0.25, 0.3) is 0 Å². The molecule has 8 heteroatoms. The summed E-state index contributed by atoms with van der Waals surface area (Å²) in [6.07, 6.45) is 13.6. The molecule has 1 aromatic carbocycles. The van der Waals surface area contributed by atoms with Gasteiger partial charge in [-0.3, -0.25) is 14.4 Å². The second kappa shape index (κ2) is 12.3. The molecule has 0 aliphatic carbocycles. The molecule has 1 aromatic rings. The number of rotatable bonds is 11. The van der Waals surface area contributed by atoms with E-state index in [1.807, 2.05) is 40.1 Å². The van der Waals surface area contributed by atoms with Gasteiger partial charge in [0.05, 0.1) is 16.6 Å². The first-order chi connectivity index (χ1) is 19.0. The molecular formula is C31H41N3O4S. The molecule has 4 aliphatic heterocycles. The Bertz CT molecular complexity index is 1110. The minimum Gasteiger partial charge on any atom is -0.396 e. The van der Waals surface area contributed by atoms with Crippen LogP contribution < -0.4 is 0 Å². The molecule has 39 heavy (non-hydrogen) atoms. The third-order valence-electron chi connectivity index (χ3n) is 8.63. The fourth-order valence-corrected chi connectivity index (χ4v) is 8.75. The summed E-state index contributed by atoms with van der Waals surface area (Å²) >= 11 is 1.65. The number of fused-ring (bicyclic) bond motifs is 2. The van der Waals surface area contributed by atoms with Gasteiger partial charge in [-0.1, -0.05) is 74.4 Å². The Morgan fingerprint density at radius 3 is 2.44 bits per heavy atom. The van der Waals surface area contributed by atoms with Gasteiger partial charge in [0.15, 0.2) is 0 Å². The van der Waals surface area contributed by atoms with Crippen molar-refractivity contribution < 1.29 is 19.5 Å². The van der Waals surface area contributed by atoms with Crippen molar-refractivity contribution >= 4 is 29.5 Å². The van der Waals surface area contributed by atoms with Crippen molar-refractivity contribution in [2.24, 2.45) is 11.8 Å². The van der Waals surface area contributed by atoms with E-state index in [0.717, 1.165) is 37.7 Å². The third kappa shape index (κ3) is 5.30. The molecule has 0 bridgehead atoms. The Labute approximate surface area is 236 Å². The number of carbonyl (C=O) groups excluding carboxylic acids is 3. The van der Waals surface area contributed by atoms with E-state index in [1.165, 1.54) is 0 Å². The molecule has 5 rings (SSSR count). The highest BCUT2D eigenvalue weighted by molar-refractivity contribution is 8.02. The number of carbonyl (C=O) groups is 3. The monoisotopic (exact) mass is 551 g/mol. The van der Waals surface area contributed by atoms with E-state index in [-0.39, 0.29) is 29.6 Å². The van der Waals surface area contributed by atoms with Crippen molar-refractivity contribution in [1.82, 2.24) is 14.7 Å². The smallest absolute Gasteiger partial charge is 0.247 e. The topological polar surface area (TPSA) is 81.2 Å². The van der Waals surface area contributed by atoms with Crippen molar-refractivity contribution in [2.45, 2.75) is 68.0 Å². The summed E-state index contributed by atoms with van der Waals surface area (Å²) < 4.78 is -0.754. The molecule has 4 aliphatic rings. The average Bonchev–Trinajstić information content (AvgIpc) is 3.26. The lowest BCUT2D eigenvalue weighted by molar-refractivity contribution is -0.144. The quantitative estimate of drug-likeness (QED) is 0.336. The number of hydrogen-bond donors (Lipinski definition) is 1. The molecule has 3 amide bonds. The highest BCUT2D eigenvalue weighted by Crippen LogP contribution is 2.61. The summed E-state index contributed by atoms with van der Waals surface area (Å²) in [7, 11) is 0. The summed E-state index contributed by atoms with van der Waals surface area (Å²) in [5, 5.41) is 9.11. The largest absolute Gasteiger partial charge is 0.396 e. The highest BCUT2D eigenvalue weighted by Gasteiger charge is 2.70. The molecule has 4 heterocycles. The molecule has 210 valence electrons. The number of aliphatic hydroxyl groups is 1. The Balaban J connectivity index is 1.47. The predicted molar refractivity (Wildman–Crippen MR) is 154 cm³/mol. The van der Waals surface area contributed by atoms with Gasteiger partial charge in [-0.05, 0) is 31.2 Å². The van der Waals surface area contributed by atoms with E-state index in [2.05, 4.69) is 31.2 Å². The number of benzene rings is 1. The Hall–Kier alpha value is -2.58. The van der Waals surface area contributed by atoms with Crippen LogP contribution in [-0.2, 0) is 20.9 Å². The van der Waals surface area contributed by atoms with Gasteiger partial charge in [-0.15, -0.1) is 11.8 Å². The Morgan fingerprint density at radius 1 is 0.897 bits per heavy atom. The maximum absolute atomic E-state index is 14.3. The zero-order valence-corrected chi connectivity index (χ0v) is 23.7. The van der Waals surface area contributed by atoms with Crippen LogP contribution in [0.15, 0.2) is 54.6 Å². The second-order valence-electron chi connectivity index (χ2n) is 11.2. The first-order valence-electron chi connectivity index (χ1n) is 14.6. The number of aliphatic hydroxyl groups excluding tert-OH is 1. The van der Waals surface area contributed by atoms with Crippen molar-refractivity contribution in [3.05, 3.63) is 60.2 Å². The van der Waals surface area contributed by atoms with E-state index < -0.39 is 22.6 Å². The zero-order chi connectivity index (χ0) is 27.4. The van der Waals surface area contributed by atoms with Crippen LogP contribution in [0.2, 0.25) is 0 Å². The van der Waals surface area contributed by atoms with Crippen molar-refractivity contribution in [2.75, 3.05) is 32.8 Å². The summed E-state index contributed by atoms with van der Waals surface area (Å²) in [6.45, 7) is 4.98. The molecule has 2 fully saturated rings. The predicted octanol–water partition coefficient (Wildman–Crippen LogP) is 3.63. The molecule has 0 aromatic heterocycles. The number of likely N-dealkylation sites (tertiary alicyclic amines) is 1. The zero-order valence-electron chi connectivity index (χ0n) is 22.9. The summed E-state index contributed by atoms with van der Waals surface area (Å²) in [6, 6.07) is 9.36. The summed E-state index contributed by atoms with van der Waals surface area (Å²) in [4.78, 5) is 48.2. The molecule has 1 spiro atoms. The molecule has 1 N–H and O–H groups in total. The van der Waals surface area contributed by atoms with E-state index in [4.69, 9.17) is 0 Å².